The lowest BCUT2D eigenvalue weighted by molar-refractivity contribution is -0.674. The van der Waals surface area contributed by atoms with Crippen molar-refractivity contribution >= 4 is 15.7 Å². The zero-order valence-corrected chi connectivity index (χ0v) is 10.8. The maximum absolute atomic E-state index is 11.9. The van der Waals surface area contributed by atoms with Gasteiger partial charge in [-0.05, 0) is 16.5 Å². The molecule has 0 saturated carbocycles. The van der Waals surface area contributed by atoms with Crippen LogP contribution in [0.3, 0.4) is 0 Å². The maximum Gasteiger partial charge on any atom is 0.311 e. The van der Waals surface area contributed by atoms with Gasteiger partial charge >= 0.3 is 10.0 Å². The number of nitrogens with zero attached hydrogens (tertiary/aromatic N) is 4. The summed E-state index contributed by atoms with van der Waals surface area (Å²) >= 11 is 0. The topological polar surface area (TPSA) is 128 Å². The molecule has 0 aliphatic rings. The molecule has 0 fully saturated rings. The molecule has 0 amide bonds. The molecule has 0 bridgehead atoms. The first-order valence-corrected chi connectivity index (χ1v) is 6.19. The van der Waals surface area contributed by atoms with Crippen LogP contribution in [-0.2, 0) is 14.9 Å². The van der Waals surface area contributed by atoms with Gasteiger partial charge in [-0.2, -0.15) is 8.42 Å². The van der Waals surface area contributed by atoms with Crippen LogP contribution in [-0.4, -0.2) is 36.9 Å². The van der Waals surface area contributed by atoms with E-state index >= 15 is 0 Å². The van der Waals surface area contributed by atoms with Gasteiger partial charge in [0, 0.05) is 12.1 Å². The molecule has 0 heterocycles. The van der Waals surface area contributed by atoms with Gasteiger partial charge in [0.1, 0.15) is 7.11 Å². The minimum atomic E-state index is -4.15. The van der Waals surface area contributed by atoms with E-state index in [4.69, 9.17) is 0 Å². The lowest BCUT2D eigenvalue weighted by Crippen LogP contribution is -2.33. The van der Waals surface area contributed by atoms with Crippen LogP contribution in [0.2, 0.25) is 0 Å². The summed E-state index contributed by atoms with van der Waals surface area (Å²) < 4.78 is 24.1. The number of hydrogen-bond acceptors (Lipinski definition) is 7. The summed E-state index contributed by atoms with van der Waals surface area (Å²) in [5.74, 6) is 0. The van der Waals surface area contributed by atoms with E-state index in [9.17, 15) is 23.7 Å². The Morgan fingerprint density at radius 1 is 1.26 bits per heavy atom. The summed E-state index contributed by atoms with van der Waals surface area (Å²) in [5.41, 5.74) is -0.262. The summed E-state index contributed by atoms with van der Waals surface area (Å²) in [6.07, 6.45) is 0. The highest BCUT2D eigenvalue weighted by atomic mass is 32.2. The van der Waals surface area contributed by atoms with Crippen molar-refractivity contribution in [3.63, 3.8) is 0 Å². The van der Waals surface area contributed by atoms with Crippen LogP contribution in [0.5, 0.6) is 0 Å². The zero-order chi connectivity index (χ0) is 14.6. The molecule has 0 atom stereocenters. The third-order valence-corrected chi connectivity index (χ3v) is 3.79. The predicted octanol–water partition coefficient (Wildman–Crippen LogP) is 0.654. The fourth-order valence-corrected chi connectivity index (χ4v) is 2.10. The van der Waals surface area contributed by atoms with Crippen LogP contribution < -0.4 is 0 Å². The molecule has 10 nitrogen and oxygen atoms in total. The van der Waals surface area contributed by atoms with E-state index in [1.54, 1.807) is 0 Å². The summed E-state index contributed by atoms with van der Waals surface area (Å²) in [7, 11) is -2.11. The van der Waals surface area contributed by atoms with Gasteiger partial charge < -0.3 is 10.0 Å². The molecule has 19 heavy (non-hydrogen) atoms. The molecule has 0 aliphatic heterocycles. The van der Waals surface area contributed by atoms with Gasteiger partial charge in [0.15, 0.2) is 0 Å². The minimum Gasteiger partial charge on any atom is -0.568 e. The average molecular weight is 290 g/mol. The second-order valence-electron chi connectivity index (χ2n) is 3.21. The molecule has 0 unspecified atom stereocenters. The quantitative estimate of drug-likeness (QED) is 0.339. The Morgan fingerprint density at radius 3 is 2.21 bits per heavy atom. The van der Waals surface area contributed by atoms with Crippen LogP contribution in [0.25, 0.3) is 0 Å². The monoisotopic (exact) mass is 290 g/mol. The smallest absolute Gasteiger partial charge is 0.311 e. The van der Waals surface area contributed by atoms with Crippen LogP contribution in [0, 0.1) is 15.3 Å². The molecule has 104 valence electrons. The molecular formula is C8H10N4O6S. The third-order valence-electron chi connectivity index (χ3n) is 2.09. The Morgan fingerprint density at radius 2 is 1.79 bits per heavy atom. The highest BCUT2D eigenvalue weighted by Crippen LogP contribution is 2.18. The normalized spacial score (nSPS) is 12.0. The van der Waals surface area contributed by atoms with Crippen molar-refractivity contribution in [1.29, 1.82) is 0 Å². The van der Waals surface area contributed by atoms with Gasteiger partial charge in [-0.1, -0.05) is 0 Å². The number of sulfonamides is 1. The molecular weight excluding hydrogens is 280 g/mol. The summed E-state index contributed by atoms with van der Waals surface area (Å²) in [6, 6.07) is 4.07. The number of non-ortho nitro benzene ring substituents is 1. The van der Waals surface area contributed by atoms with E-state index in [-0.39, 0.29) is 20.0 Å². The van der Waals surface area contributed by atoms with Crippen LogP contribution in [0.4, 0.5) is 5.69 Å². The highest BCUT2D eigenvalue weighted by molar-refractivity contribution is 7.89. The fourth-order valence-electron chi connectivity index (χ4n) is 1.11. The first-order chi connectivity index (χ1) is 8.80. The first kappa shape index (κ1) is 14.6. The molecule has 11 heteroatoms. The Bertz CT molecular complexity index is 596. The molecule has 0 aromatic heterocycles. The van der Waals surface area contributed by atoms with Crippen LogP contribution in [0.1, 0.15) is 0 Å². The van der Waals surface area contributed by atoms with Gasteiger partial charge in [0.2, 0.25) is 5.28 Å². The lowest BCUT2D eigenvalue weighted by atomic mass is 10.3. The van der Waals surface area contributed by atoms with E-state index < -0.39 is 14.9 Å². The predicted molar refractivity (Wildman–Crippen MR) is 61.1 cm³/mol. The summed E-state index contributed by atoms with van der Waals surface area (Å²) in [5, 5.41) is 24.5. The Labute approximate surface area is 108 Å². The van der Waals surface area contributed by atoms with Crippen molar-refractivity contribution in [2.45, 2.75) is 4.90 Å². The van der Waals surface area contributed by atoms with Crippen molar-refractivity contribution in [3.05, 3.63) is 39.6 Å². The lowest BCUT2D eigenvalue weighted by Gasteiger charge is -2.12. The number of benzene rings is 1. The number of hydrogen-bond donors (Lipinski definition) is 0. The fraction of sp³-hybridized carbons (Fsp3) is 0.250. The number of nitro benzene ring substituents is 1. The molecule has 1 rings (SSSR count). The second kappa shape index (κ2) is 5.48. The van der Waals surface area contributed by atoms with Crippen LogP contribution >= 0.6 is 0 Å². The summed E-state index contributed by atoms with van der Waals surface area (Å²) in [4.78, 5) is 13.4. The van der Waals surface area contributed by atoms with Crippen molar-refractivity contribution in [2.24, 2.45) is 5.28 Å². The van der Waals surface area contributed by atoms with Crippen molar-refractivity contribution < 1.29 is 23.1 Å². The highest BCUT2D eigenvalue weighted by Gasteiger charge is 2.28. The van der Waals surface area contributed by atoms with E-state index in [0.29, 0.717) is 0 Å². The van der Waals surface area contributed by atoms with E-state index in [2.05, 4.69) is 10.1 Å². The molecule has 0 radical (unpaired) electrons. The minimum absolute atomic E-state index is 0.262. The van der Waals surface area contributed by atoms with E-state index in [0.717, 1.165) is 38.4 Å². The molecule has 0 saturated heterocycles. The van der Waals surface area contributed by atoms with Crippen molar-refractivity contribution in [1.82, 2.24) is 4.41 Å². The molecule has 1 aromatic rings. The van der Waals surface area contributed by atoms with Gasteiger partial charge in [-0.25, -0.2) is 0 Å². The molecule has 0 N–H and O–H groups in total. The SMILES string of the molecule is CON=[N+]([O-])N(C)S(=O)(=O)c1ccc([N+](=O)[O-])cc1. The first-order valence-electron chi connectivity index (χ1n) is 4.75. The maximum atomic E-state index is 11.9. The van der Waals surface area contributed by atoms with Gasteiger partial charge in [0.25, 0.3) is 5.69 Å². The van der Waals surface area contributed by atoms with E-state index in [1.165, 1.54) is 0 Å². The Balaban J connectivity index is 3.13. The van der Waals surface area contributed by atoms with Crippen molar-refractivity contribution in [3.8, 4) is 0 Å². The van der Waals surface area contributed by atoms with Gasteiger partial charge in [-0.15, -0.1) is 0 Å². The number of rotatable bonds is 5. The third kappa shape index (κ3) is 3.07. The summed E-state index contributed by atoms with van der Waals surface area (Å²) in [6.45, 7) is 0. The van der Waals surface area contributed by atoms with Gasteiger partial charge in [-0.3, -0.25) is 10.1 Å². The number of nitro groups is 1. The average Bonchev–Trinajstić information content (AvgIpc) is 2.38. The molecule has 0 spiro atoms. The van der Waals surface area contributed by atoms with Crippen molar-refractivity contribution in [2.75, 3.05) is 14.2 Å². The molecule has 0 aliphatic carbocycles. The Kier molecular flexibility index (Phi) is 4.22. The number of hydrazine groups is 1. The van der Waals surface area contributed by atoms with E-state index in [1.807, 2.05) is 0 Å². The van der Waals surface area contributed by atoms with Gasteiger partial charge in [0.05, 0.1) is 21.8 Å². The molecule has 1 aromatic carbocycles. The Hall–Kier alpha value is -2.43. The largest absolute Gasteiger partial charge is 0.568 e. The standard InChI is InChI=1S/C8H10N4O6S/c1-10(12(15)9-18-2)19(16,17)8-5-3-7(4-6-8)11(13)14/h3-6H,1-2H3. The second-order valence-corrected chi connectivity index (χ2v) is 5.16. The zero-order valence-electron chi connectivity index (χ0n) is 9.96. The van der Waals surface area contributed by atoms with Crippen LogP contribution in [0.15, 0.2) is 34.4 Å².